The number of hydrogen-bond acceptors (Lipinski definition) is 5. The third-order valence-electron chi connectivity index (χ3n) is 2.49. The minimum atomic E-state index is -0.970. The Balaban J connectivity index is 2.31. The van der Waals surface area contributed by atoms with Gasteiger partial charge in [-0.2, -0.15) is 0 Å². The van der Waals surface area contributed by atoms with E-state index in [-0.39, 0.29) is 5.56 Å². The van der Waals surface area contributed by atoms with Crippen molar-refractivity contribution in [2.75, 3.05) is 11.9 Å². The van der Waals surface area contributed by atoms with Crippen molar-refractivity contribution in [3.63, 3.8) is 0 Å². The molecule has 0 spiro atoms. The second-order valence-corrected chi connectivity index (χ2v) is 4.68. The van der Waals surface area contributed by atoms with E-state index in [2.05, 4.69) is 9.97 Å². The minimum Gasteiger partial charge on any atom is -0.478 e. The Morgan fingerprint density at radius 3 is 2.89 bits per heavy atom. The summed E-state index contributed by atoms with van der Waals surface area (Å²) in [6.07, 6.45) is 0. The maximum atomic E-state index is 11.2. The van der Waals surface area contributed by atoms with Crippen LogP contribution >= 0.6 is 11.3 Å². The summed E-state index contributed by atoms with van der Waals surface area (Å²) in [5, 5.41) is 11.1. The summed E-state index contributed by atoms with van der Waals surface area (Å²) >= 11 is 1.52. The van der Waals surface area contributed by atoms with Crippen LogP contribution in [-0.4, -0.2) is 28.1 Å². The first kappa shape index (κ1) is 12.5. The van der Waals surface area contributed by atoms with Crippen molar-refractivity contribution in [3.8, 4) is 0 Å². The monoisotopic (exact) mass is 263 g/mol. The number of hydrogen-bond donors (Lipinski definition) is 1. The Hall–Kier alpha value is -1.95. The molecule has 0 aliphatic rings. The number of thiazole rings is 1. The van der Waals surface area contributed by atoms with Crippen LogP contribution in [0.5, 0.6) is 0 Å². The number of aryl methyl sites for hydroxylation is 1. The number of anilines is 1. The zero-order chi connectivity index (χ0) is 13.1. The fourth-order valence-electron chi connectivity index (χ4n) is 1.63. The Morgan fingerprint density at radius 1 is 1.50 bits per heavy atom. The first-order valence-corrected chi connectivity index (χ1v) is 6.31. The maximum absolute atomic E-state index is 11.2. The lowest BCUT2D eigenvalue weighted by Gasteiger charge is -2.19. The van der Waals surface area contributed by atoms with E-state index < -0.39 is 5.97 Å². The molecule has 0 radical (unpaired) electrons. The van der Waals surface area contributed by atoms with E-state index in [1.54, 1.807) is 22.5 Å². The Labute approximate surface area is 109 Å². The molecule has 18 heavy (non-hydrogen) atoms. The van der Waals surface area contributed by atoms with Crippen molar-refractivity contribution in [2.24, 2.45) is 0 Å². The number of aromatic carboxylic acids is 1. The zero-order valence-corrected chi connectivity index (χ0v) is 10.9. The van der Waals surface area contributed by atoms with Crippen LogP contribution in [0.1, 0.15) is 21.7 Å². The highest BCUT2D eigenvalue weighted by Gasteiger charge is 2.15. The lowest BCUT2D eigenvalue weighted by molar-refractivity contribution is 0.0697. The molecule has 2 rings (SSSR count). The molecular weight excluding hydrogens is 250 g/mol. The molecule has 0 saturated heterocycles. The number of aromatic nitrogens is 2. The van der Waals surface area contributed by atoms with Crippen LogP contribution in [0.3, 0.4) is 0 Å². The van der Waals surface area contributed by atoms with Crippen LogP contribution in [0.25, 0.3) is 0 Å². The van der Waals surface area contributed by atoms with Crippen LogP contribution in [-0.2, 0) is 6.54 Å². The van der Waals surface area contributed by atoms with E-state index in [9.17, 15) is 4.79 Å². The van der Waals surface area contributed by atoms with Gasteiger partial charge in [-0.3, -0.25) is 0 Å². The molecule has 0 fully saturated rings. The van der Waals surface area contributed by atoms with Gasteiger partial charge in [0.05, 0.1) is 17.7 Å². The van der Waals surface area contributed by atoms with Crippen molar-refractivity contribution in [2.45, 2.75) is 13.5 Å². The quantitative estimate of drug-likeness (QED) is 0.915. The molecule has 6 heteroatoms. The summed E-state index contributed by atoms with van der Waals surface area (Å²) in [7, 11) is 1.81. The second-order valence-electron chi connectivity index (χ2n) is 3.96. The molecule has 0 unspecified atom stereocenters. The lowest BCUT2D eigenvalue weighted by Crippen LogP contribution is -2.21. The lowest BCUT2D eigenvalue weighted by atomic mass is 10.2. The van der Waals surface area contributed by atoms with E-state index in [0.29, 0.717) is 12.4 Å². The molecule has 0 aliphatic carbocycles. The van der Waals surface area contributed by atoms with Crippen molar-refractivity contribution >= 4 is 23.1 Å². The molecule has 2 aromatic rings. The van der Waals surface area contributed by atoms with E-state index in [1.807, 2.05) is 19.4 Å². The molecule has 2 heterocycles. The van der Waals surface area contributed by atoms with Gasteiger partial charge in [0.1, 0.15) is 11.4 Å². The largest absolute Gasteiger partial charge is 0.478 e. The normalized spacial score (nSPS) is 10.3. The summed E-state index contributed by atoms with van der Waals surface area (Å²) in [5.74, 6) is -0.502. The van der Waals surface area contributed by atoms with Gasteiger partial charge >= 0.3 is 5.97 Å². The first-order valence-electron chi connectivity index (χ1n) is 5.37. The Kier molecular flexibility index (Phi) is 3.57. The Morgan fingerprint density at radius 2 is 2.28 bits per heavy atom. The van der Waals surface area contributed by atoms with Crippen molar-refractivity contribution in [1.29, 1.82) is 0 Å². The fourth-order valence-corrected chi connectivity index (χ4v) is 2.18. The summed E-state index contributed by atoms with van der Waals surface area (Å²) in [4.78, 5) is 21.4. The third kappa shape index (κ3) is 2.65. The van der Waals surface area contributed by atoms with Gasteiger partial charge in [-0.25, -0.2) is 14.8 Å². The van der Waals surface area contributed by atoms with E-state index in [1.165, 1.54) is 11.3 Å². The first-order chi connectivity index (χ1) is 8.58. The average molecular weight is 263 g/mol. The summed E-state index contributed by atoms with van der Waals surface area (Å²) in [6, 6.07) is 3.28. The second kappa shape index (κ2) is 5.14. The van der Waals surface area contributed by atoms with Gasteiger partial charge < -0.3 is 10.0 Å². The molecule has 0 aliphatic heterocycles. The summed E-state index contributed by atoms with van der Waals surface area (Å²) in [6.45, 7) is 2.38. The number of nitrogens with zero attached hydrogens (tertiary/aromatic N) is 3. The number of carboxylic acid groups (broad SMARTS) is 1. The smallest absolute Gasteiger partial charge is 0.339 e. The van der Waals surface area contributed by atoms with Crippen LogP contribution in [0.4, 0.5) is 5.82 Å². The van der Waals surface area contributed by atoms with Crippen molar-refractivity contribution < 1.29 is 9.90 Å². The highest BCUT2D eigenvalue weighted by Crippen LogP contribution is 2.19. The fraction of sp³-hybridized carbons (Fsp3) is 0.250. The number of carboxylic acids is 1. The van der Waals surface area contributed by atoms with Crippen LogP contribution in [0.2, 0.25) is 0 Å². The molecule has 5 nitrogen and oxygen atoms in total. The standard InChI is InChI=1S/C12H13N3O2S/c1-8-3-4-10(12(16)17)11(14-8)15(2)5-9-6-18-7-13-9/h3-4,6-7H,5H2,1-2H3,(H,16,17). The van der Waals surface area contributed by atoms with Crippen molar-refractivity contribution in [1.82, 2.24) is 9.97 Å². The zero-order valence-electron chi connectivity index (χ0n) is 10.1. The van der Waals surface area contributed by atoms with Gasteiger partial charge in [0.25, 0.3) is 0 Å². The predicted octanol–water partition coefficient (Wildman–Crippen LogP) is 2.18. The summed E-state index contributed by atoms with van der Waals surface area (Å²) in [5.41, 5.74) is 3.66. The molecule has 1 N–H and O–H groups in total. The molecule has 0 amide bonds. The predicted molar refractivity (Wildman–Crippen MR) is 70.2 cm³/mol. The number of pyridine rings is 1. The van der Waals surface area contributed by atoms with E-state index >= 15 is 0 Å². The van der Waals surface area contributed by atoms with Gasteiger partial charge in [0.15, 0.2) is 0 Å². The molecule has 0 atom stereocenters. The van der Waals surface area contributed by atoms with Gasteiger partial charge in [0, 0.05) is 18.1 Å². The van der Waals surface area contributed by atoms with E-state index in [0.717, 1.165) is 11.4 Å². The molecule has 0 bridgehead atoms. The van der Waals surface area contributed by atoms with Gasteiger partial charge in [-0.05, 0) is 19.1 Å². The average Bonchev–Trinajstić information content (AvgIpc) is 2.81. The van der Waals surface area contributed by atoms with Gasteiger partial charge in [-0.1, -0.05) is 0 Å². The molecule has 94 valence electrons. The van der Waals surface area contributed by atoms with Crippen LogP contribution < -0.4 is 4.90 Å². The number of carbonyl (C=O) groups is 1. The molecule has 0 aromatic carbocycles. The molecule has 2 aromatic heterocycles. The topological polar surface area (TPSA) is 66.3 Å². The maximum Gasteiger partial charge on any atom is 0.339 e. The Bertz CT molecular complexity index is 554. The van der Waals surface area contributed by atoms with Gasteiger partial charge in [-0.15, -0.1) is 11.3 Å². The van der Waals surface area contributed by atoms with Crippen LogP contribution in [0, 0.1) is 6.92 Å². The van der Waals surface area contributed by atoms with Crippen molar-refractivity contribution in [3.05, 3.63) is 40.0 Å². The third-order valence-corrected chi connectivity index (χ3v) is 3.12. The number of rotatable bonds is 4. The molecule has 0 saturated carbocycles. The summed E-state index contributed by atoms with van der Waals surface area (Å²) < 4.78 is 0. The SMILES string of the molecule is Cc1ccc(C(=O)O)c(N(C)Cc2cscn2)n1. The highest BCUT2D eigenvalue weighted by molar-refractivity contribution is 7.07. The van der Waals surface area contributed by atoms with E-state index in [4.69, 9.17) is 5.11 Å². The molecular formula is C12H13N3O2S. The highest BCUT2D eigenvalue weighted by atomic mass is 32.1. The minimum absolute atomic E-state index is 0.207. The van der Waals surface area contributed by atoms with Gasteiger partial charge in [0.2, 0.25) is 0 Å². The van der Waals surface area contributed by atoms with Crippen LogP contribution in [0.15, 0.2) is 23.0 Å².